The summed E-state index contributed by atoms with van der Waals surface area (Å²) in [6.45, 7) is 7.08. The Hall–Kier alpha value is -3.18. The average Bonchev–Trinajstić information content (AvgIpc) is 2.96. The second kappa shape index (κ2) is 7.09. The lowest BCUT2D eigenvalue weighted by atomic mass is 9.96. The fraction of sp³-hybridized carbons (Fsp3) is 0.217. The first kappa shape index (κ1) is 18.2. The maximum absolute atomic E-state index is 12.4. The van der Waals surface area contributed by atoms with E-state index in [1.807, 2.05) is 37.3 Å². The van der Waals surface area contributed by atoms with Crippen LogP contribution in [0.15, 0.2) is 57.9 Å². The Morgan fingerprint density at radius 2 is 1.75 bits per heavy atom. The molecule has 2 aromatic heterocycles. The quantitative estimate of drug-likeness (QED) is 0.585. The third-order valence-electron chi connectivity index (χ3n) is 5.07. The maximum Gasteiger partial charge on any atom is 0.420 e. The number of fused-ring (bicyclic) bond motifs is 1. The summed E-state index contributed by atoms with van der Waals surface area (Å²) in [5.74, 6) is -0.348. The molecule has 142 valence electrons. The van der Waals surface area contributed by atoms with Crippen molar-refractivity contribution in [2.24, 2.45) is 5.73 Å². The molecule has 4 rings (SSSR count). The second-order valence-corrected chi connectivity index (χ2v) is 7.28. The molecule has 28 heavy (non-hydrogen) atoms. The highest BCUT2D eigenvalue weighted by molar-refractivity contribution is 5.74. The minimum Gasteiger partial charge on any atom is -0.408 e. The van der Waals surface area contributed by atoms with Crippen molar-refractivity contribution < 1.29 is 4.42 Å². The number of nitrogens with zero attached hydrogens (tertiary/aromatic N) is 2. The Labute approximate surface area is 163 Å². The molecule has 5 nitrogen and oxygen atoms in total. The molecule has 2 heterocycles. The Kier molecular flexibility index (Phi) is 4.61. The van der Waals surface area contributed by atoms with Crippen LogP contribution in [0, 0.1) is 20.8 Å². The van der Waals surface area contributed by atoms with Gasteiger partial charge in [-0.25, -0.2) is 4.79 Å². The maximum atomic E-state index is 12.4. The highest BCUT2D eigenvalue weighted by atomic mass is 16.4. The zero-order valence-corrected chi connectivity index (χ0v) is 16.3. The number of hydrogen-bond donors (Lipinski definition) is 1. The van der Waals surface area contributed by atoms with E-state index in [0.29, 0.717) is 18.7 Å². The zero-order valence-electron chi connectivity index (χ0n) is 16.3. The van der Waals surface area contributed by atoms with E-state index in [1.54, 1.807) is 10.8 Å². The van der Waals surface area contributed by atoms with Crippen LogP contribution in [0.1, 0.15) is 27.8 Å². The normalized spacial score (nSPS) is 11.3. The van der Waals surface area contributed by atoms with Crippen molar-refractivity contribution in [3.8, 4) is 11.3 Å². The van der Waals surface area contributed by atoms with Gasteiger partial charge in [0, 0.05) is 18.3 Å². The second-order valence-electron chi connectivity index (χ2n) is 7.28. The predicted octanol–water partition coefficient (Wildman–Crippen LogP) is 4.09. The minimum atomic E-state index is -0.348. The lowest BCUT2D eigenvalue weighted by Gasteiger charge is -2.13. The van der Waals surface area contributed by atoms with Crippen LogP contribution in [-0.4, -0.2) is 9.55 Å². The van der Waals surface area contributed by atoms with Crippen molar-refractivity contribution in [2.75, 3.05) is 0 Å². The van der Waals surface area contributed by atoms with Crippen LogP contribution in [-0.2, 0) is 13.1 Å². The Balaban J connectivity index is 1.75. The van der Waals surface area contributed by atoms with Crippen LogP contribution in [0.2, 0.25) is 0 Å². The molecule has 0 amide bonds. The number of oxazole rings is 1. The molecule has 0 bridgehead atoms. The molecule has 0 fully saturated rings. The Bertz CT molecular complexity index is 1210. The molecule has 2 N–H and O–H groups in total. The van der Waals surface area contributed by atoms with Crippen LogP contribution in [0.4, 0.5) is 0 Å². The van der Waals surface area contributed by atoms with Gasteiger partial charge in [0.05, 0.1) is 17.8 Å². The van der Waals surface area contributed by atoms with Gasteiger partial charge in [0.2, 0.25) is 0 Å². The fourth-order valence-electron chi connectivity index (χ4n) is 3.79. The third kappa shape index (κ3) is 3.25. The van der Waals surface area contributed by atoms with Gasteiger partial charge in [-0.2, -0.15) is 0 Å². The number of hydrogen-bond acceptors (Lipinski definition) is 4. The van der Waals surface area contributed by atoms with Crippen molar-refractivity contribution in [1.29, 1.82) is 0 Å². The van der Waals surface area contributed by atoms with E-state index < -0.39 is 0 Å². The molecule has 0 unspecified atom stereocenters. The van der Waals surface area contributed by atoms with Crippen molar-refractivity contribution in [1.82, 2.24) is 9.55 Å². The first-order valence-electron chi connectivity index (χ1n) is 9.32. The van der Waals surface area contributed by atoms with E-state index in [-0.39, 0.29) is 5.76 Å². The van der Waals surface area contributed by atoms with Crippen molar-refractivity contribution in [2.45, 2.75) is 33.9 Å². The number of aromatic nitrogens is 2. The van der Waals surface area contributed by atoms with Crippen LogP contribution < -0.4 is 11.5 Å². The SMILES string of the molecule is Cc1ccc2c(c1)oc(=O)n2Cc1ccnc(-c2c(C)cc(CN)cc2C)c1. The van der Waals surface area contributed by atoms with Gasteiger partial charge in [-0.1, -0.05) is 18.2 Å². The summed E-state index contributed by atoms with van der Waals surface area (Å²) in [4.78, 5) is 16.9. The van der Waals surface area contributed by atoms with Gasteiger partial charge in [0.25, 0.3) is 0 Å². The van der Waals surface area contributed by atoms with Crippen molar-refractivity contribution in [3.05, 3.63) is 87.0 Å². The van der Waals surface area contributed by atoms with Crippen LogP contribution >= 0.6 is 0 Å². The van der Waals surface area contributed by atoms with Crippen molar-refractivity contribution >= 4 is 11.1 Å². The van der Waals surface area contributed by atoms with Gasteiger partial charge in [-0.05, 0) is 72.9 Å². The number of benzene rings is 2. The molecule has 0 aliphatic carbocycles. The summed E-state index contributed by atoms with van der Waals surface area (Å²) in [7, 11) is 0. The summed E-state index contributed by atoms with van der Waals surface area (Å²) in [6.07, 6.45) is 1.79. The molecular formula is C23H23N3O2. The smallest absolute Gasteiger partial charge is 0.408 e. The lowest BCUT2D eigenvalue weighted by molar-refractivity contribution is 0.517. The fourth-order valence-corrected chi connectivity index (χ4v) is 3.79. The minimum absolute atomic E-state index is 0.348. The van der Waals surface area contributed by atoms with Gasteiger partial charge in [0.1, 0.15) is 0 Å². The average molecular weight is 373 g/mol. The van der Waals surface area contributed by atoms with Gasteiger partial charge < -0.3 is 10.2 Å². The zero-order chi connectivity index (χ0) is 19.8. The van der Waals surface area contributed by atoms with Crippen LogP contribution in [0.5, 0.6) is 0 Å². The first-order chi connectivity index (χ1) is 13.5. The highest BCUT2D eigenvalue weighted by Gasteiger charge is 2.12. The molecule has 0 aliphatic rings. The molecule has 0 saturated carbocycles. The largest absolute Gasteiger partial charge is 0.420 e. The Morgan fingerprint density at radius 3 is 2.46 bits per heavy atom. The molecule has 0 spiro atoms. The molecular weight excluding hydrogens is 350 g/mol. The summed E-state index contributed by atoms with van der Waals surface area (Å²) >= 11 is 0. The monoisotopic (exact) mass is 373 g/mol. The van der Waals surface area contributed by atoms with E-state index in [0.717, 1.165) is 44.6 Å². The highest BCUT2D eigenvalue weighted by Crippen LogP contribution is 2.28. The van der Waals surface area contributed by atoms with E-state index in [9.17, 15) is 4.79 Å². The summed E-state index contributed by atoms with van der Waals surface area (Å²) < 4.78 is 7.07. The van der Waals surface area contributed by atoms with Crippen LogP contribution in [0.25, 0.3) is 22.4 Å². The molecule has 0 atom stereocenters. The van der Waals surface area contributed by atoms with E-state index in [4.69, 9.17) is 10.2 Å². The number of pyridine rings is 1. The summed E-state index contributed by atoms with van der Waals surface area (Å²) in [5, 5.41) is 0. The molecule has 5 heteroatoms. The standard InChI is InChI=1S/C23H23N3O2/c1-14-4-5-20-21(8-14)28-23(27)26(20)13-17-6-7-25-19(11-17)22-15(2)9-18(12-24)10-16(22)3/h4-11H,12-13,24H2,1-3H3. The predicted molar refractivity (Wildman–Crippen MR) is 111 cm³/mol. The van der Waals surface area contributed by atoms with Gasteiger partial charge >= 0.3 is 5.76 Å². The Morgan fingerprint density at radius 1 is 1.00 bits per heavy atom. The number of nitrogens with two attached hydrogens (primary N) is 1. The van der Waals surface area contributed by atoms with E-state index >= 15 is 0 Å². The molecule has 4 aromatic rings. The lowest BCUT2D eigenvalue weighted by Crippen LogP contribution is -2.15. The topological polar surface area (TPSA) is 74.0 Å². The van der Waals surface area contributed by atoms with Gasteiger partial charge in [-0.3, -0.25) is 9.55 Å². The van der Waals surface area contributed by atoms with Gasteiger partial charge in [0.15, 0.2) is 5.58 Å². The van der Waals surface area contributed by atoms with E-state index in [1.165, 1.54) is 0 Å². The number of aryl methyl sites for hydroxylation is 3. The number of rotatable bonds is 4. The van der Waals surface area contributed by atoms with E-state index in [2.05, 4.69) is 31.0 Å². The van der Waals surface area contributed by atoms with Gasteiger partial charge in [-0.15, -0.1) is 0 Å². The first-order valence-corrected chi connectivity index (χ1v) is 9.32. The summed E-state index contributed by atoms with van der Waals surface area (Å²) in [6, 6.07) is 14.0. The van der Waals surface area contributed by atoms with Crippen molar-refractivity contribution in [3.63, 3.8) is 0 Å². The third-order valence-corrected chi connectivity index (χ3v) is 5.07. The molecule has 0 aliphatic heterocycles. The summed E-state index contributed by atoms with van der Waals surface area (Å²) in [5.41, 5.74) is 14.7. The molecule has 0 radical (unpaired) electrons. The molecule has 0 saturated heterocycles. The molecule has 2 aromatic carbocycles. The van der Waals surface area contributed by atoms with Crippen LogP contribution in [0.3, 0.4) is 0 Å².